The van der Waals surface area contributed by atoms with Gasteiger partial charge in [-0.15, -0.1) is 0 Å². The lowest BCUT2D eigenvalue weighted by Crippen LogP contribution is -2.41. The maximum Gasteiger partial charge on any atom is 0.191 e. The molecule has 1 aliphatic rings. The number of hydrogen-bond acceptors (Lipinski definition) is 3. The van der Waals surface area contributed by atoms with Crippen molar-refractivity contribution in [2.45, 2.75) is 76.1 Å². The molecule has 4 atom stereocenters. The Labute approximate surface area is 118 Å². The Morgan fingerprint density at radius 3 is 2.37 bits per heavy atom. The molecule has 6 heteroatoms. The standard InChI is InChI=1S/C13H28BFO3Si/c1-13(2,3)19(4,5)17-8-6-7-9-11(16)10(15)12(14)18-9/h9-12,16H,6-8,14H2,1-5H3/t9-,10?,11?,12-/m1/s1. The average molecular weight is 290 g/mol. The third-order valence-electron chi connectivity index (χ3n) is 4.45. The average Bonchev–Trinajstić information content (AvgIpc) is 2.51. The molecule has 1 rings (SSSR count). The van der Waals surface area contributed by atoms with E-state index in [1.807, 2.05) is 0 Å². The number of rotatable bonds is 5. The van der Waals surface area contributed by atoms with Gasteiger partial charge in [-0.25, -0.2) is 4.39 Å². The molecule has 2 unspecified atom stereocenters. The molecule has 0 spiro atoms. The van der Waals surface area contributed by atoms with Crippen LogP contribution in [0.1, 0.15) is 33.6 Å². The van der Waals surface area contributed by atoms with Gasteiger partial charge >= 0.3 is 0 Å². The van der Waals surface area contributed by atoms with Crippen LogP contribution >= 0.6 is 0 Å². The molecule has 0 bridgehead atoms. The molecule has 1 heterocycles. The molecule has 0 aromatic rings. The molecule has 0 aliphatic carbocycles. The van der Waals surface area contributed by atoms with Crippen molar-refractivity contribution in [2.24, 2.45) is 0 Å². The van der Waals surface area contributed by atoms with Crippen molar-refractivity contribution in [3.8, 4) is 0 Å². The Balaban J connectivity index is 2.29. The minimum Gasteiger partial charge on any atom is -0.417 e. The molecular weight excluding hydrogens is 262 g/mol. The topological polar surface area (TPSA) is 38.7 Å². The van der Waals surface area contributed by atoms with Crippen molar-refractivity contribution in [3.63, 3.8) is 0 Å². The zero-order valence-corrected chi connectivity index (χ0v) is 14.1. The monoisotopic (exact) mass is 290 g/mol. The summed E-state index contributed by atoms with van der Waals surface area (Å²) in [4.78, 5) is 0. The molecule has 3 nitrogen and oxygen atoms in total. The second-order valence-corrected chi connectivity index (χ2v) is 11.9. The second kappa shape index (κ2) is 6.24. The molecule has 1 N–H and O–H groups in total. The summed E-state index contributed by atoms with van der Waals surface area (Å²) in [6.07, 6.45) is -1.17. The van der Waals surface area contributed by atoms with Gasteiger partial charge in [0.1, 0.15) is 20.1 Å². The first kappa shape index (κ1) is 17.1. The maximum absolute atomic E-state index is 13.4. The van der Waals surface area contributed by atoms with Crippen LogP contribution in [0.15, 0.2) is 0 Å². The summed E-state index contributed by atoms with van der Waals surface area (Å²) >= 11 is 0. The smallest absolute Gasteiger partial charge is 0.191 e. The van der Waals surface area contributed by atoms with E-state index in [9.17, 15) is 9.50 Å². The third kappa shape index (κ3) is 4.28. The van der Waals surface area contributed by atoms with Crippen LogP contribution in [-0.4, -0.2) is 52.3 Å². The lowest BCUT2D eigenvalue weighted by atomic mass is 9.94. The SMILES string of the molecule is B[C@@H]1O[C@H](CCCO[Si](C)(C)C(C)(C)C)C(O)C1F. The van der Waals surface area contributed by atoms with Gasteiger partial charge in [-0.2, -0.15) is 0 Å². The van der Waals surface area contributed by atoms with Crippen LogP contribution in [0.25, 0.3) is 0 Å². The van der Waals surface area contributed by atoms with E-state index in [2.05, 4.69) is 33.9 Å². The highest BCUT2D eigenvalue weighted by Crippen LogP contribution is 2.36. The number of alkyl halides is 1. The van der Waals surface area contributed by atoms with E-state index in [0.717, 1.165) is 6.42 Å². The van der Waals surface area contributed by atoms with E-state index >= 15 is 0 Å². The van der Waals surface area contributed by atoms with Crippen LogP contribution in [-0.2, 0) is 9.16 Å². The summed E-state index contributed by atoms with van der Waals surface area (Å²) in [7, 11) is -0.0364. The van der Waals surface area contributed by atoms with Crippen molar-refractivity contribution in [3.05, 3.63) is 0 Å². The van der Waals surface area contributed by atoms with Crippen LogP contribution in [0, 0.1) is 0 Å². The molecule has 19 heavy (non-hydrogen) atoms. The van der Waals surface area contributed by atoms with E-state index in [0.29, 0.717) is 13.0 Å². The minimum absolute atomic E-state index is 0.203. The first-order chi connectivity index (χ1) is 8.56. The number of aliphatic hydroxyl groups is 1. The Hall–Kier alpha value is 0.0918. The van der Waals surface area contributed by atoms with Crippen LogP contribution in [0.3, 0.4) is 0 Å². The lowest BCUT2D eigenvalue weighted by molar-refractivity contribution is 0.0214. The minimum atomic E-state index is -1.70. The van der Waals surface area contributed by atoms with E-state index in [-0.39, 0.29) is 11.1 Å². The van der Waals surface area contributed by atoms with Crippen molar-refractivity contribution >= 4 is 16.2 Å². The van der Waals surface area contributed by atoms with Crippen molar-refractivity contribution in [2.75, 3.05) is 6.61 Å². The summed E-state index contributed by atoms with van der Waals surface area (Å²) in [5.41, 5.74) is 0. The summed E-state index contributed by atoms with van der Waals surface area (Å²) < 4.78 is 24.9. The Morgan fingerprint density at radius 1 is 1.37 bits per heavy atom. The van der Waals surface area contributed by atoms with Gasteiger partial charge in [0.05, 0.1) is 12.1 Å². The molecule has 1 aliphatic heterocycles. The van der Waals surface area contributed by atoms with Gasteiger partial charge < -0.3 is 14.3 Å². The van der Waals surface area contributed by atoms with Crippen LogP contribution in [0.2, 0.25) is 18.1 Å². The molecule has 0 saturated carbocycles. The fraction of sp³-hybridized carbons (Fsp3) is 1.00. The highest BCUT2D eigenvalue weighted by atomic mass is 28.4. The van der Waals surface area contributed by atoms with Gasteiger partial charge in [0.15, 0.2) is 8.32 Å². The van der Waals surface area contributed by atoms with E-state index in [4.69, 9.17) is 9.16 Å². The molecule has 0 aromatic carbocycles. The summed E-state index contributed by atoms with van der Waals surface area (Å²) in [5, 5.41) is 9.89. The summed E-state index contributed by atoms with van der Waals surface area (Å²) in [6, 6.07) is -0.499. The van der Waals surface area contributed by atoms with Crippen molar-refractivity contribution in [1.82, 2.24) is 0 Å². The molecule has 0 amide bonds. The maximum atomic E-state index is 13.4. The number of halogens is 1. The van der Waals surface area contributed by atoms with E-state index in [1.54, 1.807) is 7.85 Å². The van der Waals surface area contributed by atoms with Gasteiger partial charge in [-0.3, -0.25) is 0 Å². The largest absolute Gasteiger partial charge is 0.417 e. The van der Waals surface area contributed by atoms with Gasteiger partial charge in [0.2, 0.25) is 0 Å². The predicted molar refractivity (Wildman–Crippen MR) is 80.5 cm³/mol. The molecule has 1 saturated heterocycles. The Kier molecular flexibility index (Phi) is 5.63. The molecule has 1 fully saturated rings. The summed E-state index contributed by atoms with van der Waals surface area (Å²) in [5.74, 6) is 0. The molecule has 112 valence electrons. The van der Waals surface area contributed by atoms with E-state index < -0.39 is 26.6 Å². The molecular formula is C13H28BFO3Si. The normalized spacial score (nSPS) is 32.8. The number of hydrogen-bond donors (Lipinski definition) is 1. The quantitative estimate of drug-likeness (QED) is 0.620. The molecule has 0 radical (unpaired) electrons. The van der Waals surface area contributed by atoms with Gasteiger partial charge in [-0.05, 0) is 31.0 Å². The van der Waals surface area contributed by atoms with Crippen LogP contribution < -0.4 is 0 Å². The Morgan fingerprint density at radius 2 is 1.95 bits per heavy atom. The highest BCUT2D eigenvalue weighted by Gasteiger charge is 2.41. The zero-order chi connectivity index (χ0) is 14.8. The van der Waals surface area contributed by atoms with Crippen molar-refractivity contribution in [1.29, 1.82) is 0 Å². The lowest BCUT2D eigenvalue weighted by Gasteiger charge is -2.36. The predicted octanol–water partition coefficient (Wildman–Crippen LogP) is 1.85. The van der Waals surface area contributed by atoms with Gasteiger partial charge in [-0.1, -0.05) is 20.8 Å². The van der Waals surface area contributed by atoms with E-state index in [1.165, 1.54) is 0 Å². The summed E-state index contributed by atoms with van der Waals surface area (Å²) in [6.45, 7) is 11.7. The van der Waals surface area contributed by atoms with Crippen molar-refractivity contribution < 1.29 is 18.7 Å². The van der Waals surface area contributed by atoms with Crippen LogP contribution in [0.5, 0.6) is 0 Å². The number of aliphatic hydroxyl groups excluding tert-OH is 1. The Bertz CT molecular complexity index is 296. The van der Waals surface area contributed by atoms with Crippen LogP contribution in [0.4, 0.5) is 4.39 Å². The fourth-order valence-corrected chi connectivity index (χ4v) is 3.07. The fourth-order valence-electron chi connectivity index (χ4n) is 1.98. The first-order valence-corrected chi connectivity index (χ1v) is 10.1. The second-order valence-electron chi connectivity index (χ2n) is 7.07. The first-order valence-electron chi connectivity index (χ1n) is 7.18. The third-order valence-corrected chi connectivity index (χ3v) is 8.99. The number of ether oxygens (including phenoxy) is 1. The highest BCUT2D eigenvalue weighted by molar-refractivity contribution is 6.74. The molecule has 0 aromatic heterocycles. The van der Waals surface area contributed by atoms with Gasteiger partial charge in [0, 0.05) is 6.61 Å². The zero-order valence-electron chi connectivity index (χ0n) is 13.1. The van der Waals surface area contributed by atoms with Gasteiger partial charge in [0.25, 0.3) is 0 Å².